The second-order valence-corrected chi connectivity index (χ2v) is 7.07. The Morgan fingerprint density at radius 1 is 1.03 bits per heavy atom. The summed E-state index contributed by atoms with van der Waals surface area (Å²) in [5.74, 6) is -1.03. The number of anilines is 2. The van der Waals surface area contributed by atoms with Crippen LogP contribution in [-0.4, -0.2) is 49.3 Å². The number of benzene rings is 2. The molecule has 7 nitrogen and oxygen atoms in total. The van der Waals surface area contributed by atoms with Crippen molar-refractivity contribution in [3.63, 3.8) is 0 Å². The van der Waals surface area contributed by atoms with Crippen LogP contribution in [0.25, 0.3) is 10.9 Å². The highest BCUT2D eigenvalue weighted by Gasteiger charge is 2.20. The fourth-order valence-electron chi connectivity index (χ4n) is 3.28. The van der Waals surface area contributed by atoms with Crippen LogP contribution in [0.5, 0.6) is 0 Å². The zero-order chi connectivity index (χ0) is 20.9. The second-order valence-electron chi connectivity index (χ2n) is 7.07. The molecule has 0 unspecified atom stereocenters. The van der Waals surface area contributed by atoms with Gasteiger partial charge in [-0.3, -0.25) is 4.79 Å². The number of esters is 1. The first-order valence-corrected chi connectivity index (χ1v) is 9.90. The minimum atomic E-state index is -0.954. The standard InChI is InChI=1S/C23H23N3O4/c1-16(30-23(28)21-11-6-17-4-2-3-5-20(17)25-21)22(27)24-18-7-9-19(10-8-18)26-12-14-29-15-13-26/h2-11,16H,12-15H2,1H3,(H,24,27)/t16-/m1/s1. The van der Waals surface area contributed by atoms with E-state index in [9.17, 15) is 9.59 Å². The van der Waals surface area contributed by atoms with Crippen LogP contribution in [-0.2, 0) is 14.3 Å². The van der Waals surface area contributed by atoms with Gasteiger partial charge in [0.25, 0.3) is 5.91 Å². The van der Waals surface area contributed by atoms with E-state index in [1.807, 2.05) is 48.5 Å². The number of morpholine rings is 1. The molecule has 1 N–H and O–H groups in total. The summed E-state index contributed by atoms with van der Waals surface area (Å²) < 4.78 is 10.7. The summed E-state index contributed by atoms with van der Waals surface area (Å²) in [5.41, 5.74) is 2.59. The Hall–Kier alpha value is -3.45. The maximum Gasteiger partial charge on any atom is 0.357 e. The monoisotopic (exact) mass is 405 g/mol. The van der Waals surface area contributed by atoms with Gasteiger partial charge in [-0.05, 0) is 43.3 Å². The van der Waals surface area contributed by atoms with Crippen LogP contribution >= 0.6 is 0 Å². The van der Waals surface area contributed by atoms with Crippen molar-refractivity contribution in [1.82, 2.24) is 4.98 Å². The van der Waals surface area contributed by atoms with E-state index in [0.717, 1.165) is 24.2 Å². The Morgan fingerprint density at radius 2 is 1.77 bits per heavy atom. The number of carbonyl (C=O) groups is 2. The van der Waals surface area contributed by atoms with Crippen LogP contribution < -0.4 is 10.2 Å². The SMILES string of the molecule is C[C@@H](OC(=O)c1ccc2ccccc2n1)C(=O)Nc1ccc(N2CCOCC2)cc1. The highest BCUT2D eigenvalue weighted by molar-refractivity contribution is 5.97. The molecule has 154 valence electrons. The number of pyridine rings is 1. The van der Waals surface area contributed by atoms with Gasteiger partial charge in [-0.2, -0.15) is 0 Å². The normalized spacial score (nSPS) is 14.9. The van der Waals surface area contributed by atoms with Gasteiger partial charge in [0.15, 0.2) is 6.10 Å². The summed E-state index contributed by atoms with van der Waals surface area (Å²) in [6.07, 6.45) is -0.954. The molecular weight excluding hydrogens is 382 g/mol. The molecule has 1 atom stereocenters. The molecule has 1 amide bonds. The number of amides is 1. The van der Waals surface area contributed by atoms with E-state index in [-0.39, 0.29) is 5.69 Å². The highest BCUT2D eigenvalue weighted by atomic mass is 16.5. The zero-order valence-electron chi connectivity index (χ0n) is 16.7. The Bertz CT molecular complexity index is 1050. The first kappa shape index (κ1) is 19.8. The van der Waals surface area contributed by atoms with Gasteiger partial charge in [0.05, 0.1) is 18.7 Å². The molecule has 1 aromatic heterocycles. The summed E-state index contributed by atoms with van der Waals surface area (Å²) in [6, 6.07) is 18.5. The van der Waals surface area contributed by atoms with E-state index in [2.05, 4.69) is 15.2 Å². The molecule has 0 aliphatic carbocycles. The van der Waals surface area contributed by atoms with E-state index in [1.54, 1.807) is 12.1 Å². The molecule has 0 bridgehead atoms. The Balaban J connectivity index is 1.35. The van der Waals surface area contributed by atoms with Gasteiger partial charge >= 0.3 is 5.97 Å². The molecule has 3 aromatic rings. The lowest BCUT2D eigenvalue weighted by Crippen LogP contribution is -2.36. The predicted molar refractivity (Wildman–Crippen MR) is 115 cm³/mol. The van der Waals surface area contributed by atoms with E-state index in [0.29, 0.717) is 24.4 Å². The van der Waals surface area contributed by atoms with Crippen molar-refractivity contribution in [2.24, 2.45) is 0 Å². The molecular formula is C23H23N3O4. The Morgan fingerprint density at radius 3 is 2.53 bits per heavy atom. The quantitative estimate of drug-likeness (QED) is 0.657. The summed E-state index contributed by atoms with van der Waals surface area (Å²) in [7, 11) is 0. The second kappa shape index (κ2) is 8.92. The van der Waals surface area contributed by atoms with E-state index in [1.165, 1.54) is 6.92 Å². The third kappa shape index (κ3) is 4.58. The van der Waals surface area contributed by atoms with Crippen LogP contribution in [0.15, 0.2) is 60.7 Å². The number of hydrogen-bond donors (Lipinski definition) is 1. The number of nitrogens with one attached hydrogen (secondary N) is 1. The van der Waals surface area contributed by atoms with Crippen molar-refractivity contribution < 1.29 is 19.1 Å². The van der Waals surface area contributed by atoms with Gasteiger partial charge in [0.2, 0.25) is 0 Å². The number of hydrogen-bond acceptors (Lipinski definition) is 6. The molecule has 1 aliphatic heterocycles. The van der Waals surface area contributed by atoms with Crippen molar-refractivity contribution in [3.05, 3.63) is 66.4 Å². The molecule has 4 rings (SSSR count). The van der Waals surface area contributed by atoms with Crippen molar-refractivity contribution >= 4 is 34.2 Å². The van der Waals surface area contributed by atoms with Gasteiger partial charge in [-0.1, -0.05) is 24.3 Å². The van der Waals surface area contributed by atoms with Crippen LogP contribution in [0.3, 0.4) is 0 Å². The maximum absolute atomic E-state index is 12.4. The number of carbonyl (C=O) groups excluding carboxylic acids is 2. The average Bonchev–Trinajstić information content (AvgIpc) is 2.79. The highest BCUT2D eigenvalue weighted by Crippen LogP contribution is 2.19. The van der Waals surface area contributed by atoms with E-state index < -0.39 is 18.0 Å². The van der Waals surface area contributed by atoms with E-state index in [4.69, 9.17) is 9.47 Å². The van der Waals surface area contributed by atoms with Crippen molar-refractivity contribution in [3.8, 4) is 0 Å². The fourth-order valence-corrected chi connectivity index (χ4v) is 3.28. The lowest BCUT2D eigenvalue weighted by molar-refractivity contribution is -0.123. The van der Waals surface area contributed by atoms with Gasteiger partial charge in [-0.25, -0.2) is 9.78 Å². The van der Waals surface area contributed by atoms with Gasteiger partial charge < -0.3 is 19.7 Å². The minimum absolute atomic E-state index is 0.170. The molecule has 2 heterocycles. The smallest absolute Gasteiger partial charge is 0.357 e. The molecule has 0 saturated carbocycles. The third-order valence-electron chi connectivity index (χ3n) is 4.97. The first-order chi connectivity index (χ1) is 14.6. The fraction of sp³-hybridized carbons (Fsp3) is 0.261. The molecule has 1 fully saturated rings. The summed E-state index contributed by atoms with van der Waals surface area (Å²) in [5, 5.41) is 3.71. The summed E-state index contributed by atoms with van der Waals surface area (Å²) in [6.45, 7) is 4.67. The summed E-state index contributed by atoms with van der Waals surface area (Å²) in [4.78, 5) is 31.4. The first-order valence-electron chi connectivity index (χ1n) is 9.90. The molecule has 0 spiro atoms. The Kier molecular flexibility index (Phi) is 5.90. The lowest BCUT2D eigenvalue weighted by atomic mass is 10.2. The molecule has 1 saturated heterocycles. The molecule has 7 heteroatoms. The summed E-state index contributed by atoms with van der Waals surface area (Å²) >= 11 is 0. The molecule has 1 aliphatic rings. The maximum atomic E-state index is 12.4. The minimum Gasteiger partial charge on any atom is -0.448 e. The topological polar surface area (TPSA) is 80.8 Å². The molecule has 0 radical (unpaired) electrons. The van der Waals surface area contributed by atoms with E-state index >= 15 is 0 Å². The predicted octanol–water partition coefficient (Wildman–Crippen LogP) is 3.26. The van der Waals surface area contributed by atoms with Crippen LogP contribution in [0, 0.1) is 0 Å². The number of para-hydroxylation sites is 1. The number of ether oxygens (including phenoxy) is 2. The number of aromatic nitrogens is 1. The number of rotatable bonds is 5. The van der Waals surface area contributed by atoms with Crippen LogP contribution in [0.2, 0.25) is 0 Å². The van der Waals surface area contributed by atoms with Crippen molar-refractivity contribution in [2.45, 2.75) is 13.0 Å². The van der Waals surface area contributed by atoms with Crippen molar-refractivity contribution in [2.75, 3.05) is 36.5 Å². The number of nitrogens with zero attached hydrogens (tertiary/aromatic N) is 2. The van der Waals surface area contributed by atoms with Crippen LogP contribution in [0.4, 0.5) is 11.4 Å². The van der Waals surface area contributed by atoms with Gasteiger partial charge in [0, 0.05) is 29.9 Å². The zero-order valence-corrected chi connectivity index (χ0v) is 16.7. The third-order valence-corrected chi connectivity index (χ3v) is 4.97. The van der Waals surface area contributed by atoms with Crippen LogP contribution in [0.1, 0.15) is 17.4 Å². The average molecular weight is 405 g/mol. The van der Waals surface area contributed by atoms with Gasteiger partial charge in [-0.15, -0.1) is 0 Å². The van der Waals surface area contributed by atoms with Gasteiger partial charge in [0.1, 0.15) is 5.69 Å². The van der Waals surface area contributed by atoms with Crippen molar-refractivity contribution in [1.29, 1.82) is 0 Å². The molecule has 2 aromatic carbocycles. The Labute approximate surface area is 174 Å². The molecule has 30 heavy (non-hydrogen) atoms. The number of fused-ring (bicyclic) bond motifs is 1. The largest absolute Gasteiger partial charge is 0.448 e. The lowest BCUT2D eigenvalue weighted by Gasteiger charge is -2.28.